The van der Waals surface area contributed by atoms with Crippen molar-refractivity contribution < 1.29 is 23.1 Å². The van der Waals surface area contributed by atoms with E-state index in [2.05, 4.69) is 5.32 Å². The minimum Gasteiger partial charge on any atom is -0.480 e. The molecule has 0 heterocycles. The molecule has 0 bridgehead atoms. The summed E-state index contributed by atoms with van der Waals surface area (Å²) in [6, 6.07) is -0.181. The van der Waals surface area contributed by atoms with Crippen LogP contribution in [-0.2, 0) is 19.4 Å². The maximum absolute atomic E-state index is 11.8. The van der Waals surface area contributed by atoms with Crippen LogP contribution < -0.4 is 5.32 Å². The number of sulfone groups is 1. The highest BCUT2D eigenvalue weighted by molar-refractivity contribution is 7.93. The van der Waals surface area contributed by atoms with Crippen LogP contribution in [0.15, 0.2) is 0 Å². The highest BCUT2D eigenvalue weighted by Gasteiger charge is 2.36. The van der Waals surface area contributed by atoms with Gasteiger partial charge in [-0.15, -0.1) is 0 Å². The number of rotatable bonds is 6. The highest BCUT2D eigenvalue weighted by atomic mass is 32.2. The van der Waals surface area contributed by atoms with Crippen LogP contribution in [0.5, 0.6) is 0 Å². The Morgan fingerprint density at radius 2 is 1.65 bits per heavy atom. The van der Waals surface area contributed by atoms with E-state index in [4.69, 9.17) is 5.11 Å². The molecule has 17 heavy (non-hydrogen) atoms. The van der Waals surface area contributed by atoms with Crippen molar-refractivity contribution >= 4 is 21.7 Å². The van der Waals surface area contributed by atoms with Gasteiger partial charge in [0.1, 0.15) is 5.75 Å². The zero-order chi connectivity index (χ0) is 13.8. The molecule has 0 aromatic heterocycles. The Balaban J connectivity index is 4.88. The Kier molecular flexibility index (Phi) is 5.60. The van der Waals surface area contributed by atoms with Gasteiger partial charge in [0.15, 0.2) is 15.1 Å². The number of carbonyl (C=O) groups excluding carboxylic acids is 1. The van der Waals surface area contributed by atoms with E-state index >= 15 is 0 Å². The van der Waals surface area contributed by atoms with Crippen molar-refractivity contribution in [1.82, 2.24) is 5.32 Å². The van der Waals surface area contributed by atoms with Crippen LogP contribution in [0.2, 0.25) is 0 Å². The van der Waals surface area contributed by atoms with Crippen molar-refractivity contribution in [3.05, 3.63) is 0 Å². The first kappa shape index (κ1) is 15.9. The second-order valence-corrected chi connectivity index (χ2v) is 6.65. The molecule has 0 saturated heterocycles. The monoisotopic (exact) mass is 265 g/mol. The first-order valence-electron chi connectivity index (χ1n) is 5.31. The van der Waals surface area contributed by atoms with Gasteiger partial charge in [-0.3, -0.25) is 9.59 Å². The van der Waals surface area contributed by atoms with Gasteiger partial charge in [-0.1, -0.05) is 13.8 Å². The summed E-state index contributed by atoms with van der Waals surface area (Å²) in [6.45, 7) is 6.39. The van der Waals surface area contributed by atoms with Gasteiger partial charge in [0, 0.05) is 6.04 Å². The van der Waals surface area contributed by atoms with E-state index in [9.17, 15) is 18.0 Å². The van der Waals surface area contributed by atoms with E-state index in [1.807, 2.05) is 0 Å². The van der Waals surface area contributed by atoms with Gasteiger partial charge in [-0.05, 0) is 19.8 Å². The van der Waals surface area contributed by atoms with Crippen LogP contribution in [0, 0.1) is 5.92 Å². The molecular weight excluding hydrogens is 246 g/mol. The molecule has 0 aromatic rings. The number of carbonyl (C=O) groups is 2. The van der Waals surface area contributed by atoms with Crippen molar-refractivity contribution in [3.63, 3.8) is 0 Å². The molecule has 0 aliphatic heterocycles. The number of nitrogens with one attached hydrogen (secondary N) is 1. The number of carboxylic acid groups (broad SMARTS) is 1. The molecule has 0 aliphatic carbocycles. The lowest BCUT2D eigenvalue weighted by Gasteiger charge is -2.17. The van der Waals surface area contributed by atoms with Crippen LogP contribution in [0.25, 0.3) is 0 Å². The zero-order valence-electron chi connectivity index (χ0n) is 10.4. The third kappa shape index (κ3) is 5.16. The molecule has 1 amide bonds. The fraction of sp³-hybridized carbons (Fsp3) is 0.800. The normalized spacial score (nSPS) is 13.8. The molecular formula is C10H19NO5S. The van der Waals surface area contributed by atoms with Gasteiger partial charge in [0.25, 0.3) is 0 Å². The van der Waals surface area contributed by atoms with Crippen molar-refractivity contribution in [2.24, 2.45) is 5.92 Å². The maximum Gasteiger partial charge on any atom is 0.322 e. The number of carboxylic acids is 1. The summed E-state index contributed by atoms with van der Waals surface area (Å²) in [4.78, 5) is 22.2. The molecule has 0 aliphatic rings. The second kappa shape index (κ2) is 6.00. The molecule has 6 nitrogen and oxygen atoms in total. The third-order valence-electron chi connectivity index (χ3n) is 2.02. The SMILES string of the molecule is CC(C)NC(=O)CS(=O)(=O)C(C(=O)O)C(C)C. The number of amides is 1. The first-order chi connectivity index (χ1) is 7.58. The number of hydrogen-bond donors (Lipinski definition) is 2. The number of hydrogen-bond acceptors (Lipinski definition) is 4. The Labute approximate surface area is 101 Å². The van der Waals surface area contributed by atoms with E-state index in [1.54, 1.807) is 13.8 Å². The Bertz CT molecular complexity index is 386. The summed E-state index contributed by atoms with van der Waals surface area (Å²) >= 11 is 0. The standard InChI is InChI=1S/C10H19NO5S/c1-6(2)9(10(13)14)17(15,16)5-8(12)11-7(3)4/h6-7,9H,5H2,1-4H3,(H,11,12)(H,13,14). The maximum atomic E-state index is 11.8. The fourth-order valence-corrected chi connectivity index (χ4v) is 3.25. The fourth-order valence-electron chi connectivity index (χ4n) is 1.49. The summed E-state index contributed by atoms with van der Waals surface area (Å²) in [5.41, 5.74) is 0. The second-order valence-electron chi connectivity index (χ2n) is 4.53. The highest BCUT2D eigenvalue weighted by Crippen LogP contribution is 2.13. The van der Waals surface area contributed by atoms with Crippen LogP contribution >= 0.6 is 0 Å². The van der Waals surface area contributed by atoms with E-state index in [1.165, 1.54) is 13.8 Å². The third-order valence-corrected chi connectivity index (χ3v) is 4.20. The van der Waals surface area contributed by atoms with Crippen molar-refractivity contribution in [1.29, 1.82) is 0 Å². The molecule has 0 rings (SSSR count). The zero-order valence-corrected chi connectivity index (χ0v) is 11.2. The van der Waals surface area contributed by atoms with Crippen molar-refractivity contribution in [3.8, 4) is 0 Å². The predicted octanol–water partition coefficient (Wildman–Crippen LogP) is 0.0350. The van der Waals surface area contributed by atoms with Gasteiger partial charge < -0.3 is 10.4 Å². The van der Waals surface area contributed by atoms with Crippen LogP contribution in [0.4, 0.5) is 0 Å². The van der Waals surface area contributed by atoms with E-state index in [0.717, 1.165) is 0 Å². The summed E-state index contributed by atoms with van der Waals surface area (Å²) in [5, 5.41) is 9.74. The van der Waals surface area contributed by atoms with E-state index < -0.39 is 38.6 Å². The Morgan fingerprint density at radius 3 is 1.94 bits per heavy atom. The molecule has 1 unspecified atom stereocenters. The smallest absolute Gasteiger partial charge is 0.322 e. The van der Waals surface area contributed by atoms with Gasteiger partial charge in [-0.25, -0.2) is 8.42 Å². The minimum absolute atomic E-state index is 0.181. The first-order valence-corrected chi connectivity index (χ1v) is 7.03. The predicted molar refractivity (Wildman–Crippen MR) is 63.3 cm³/mol. The molecule has 2 N–H and O–H groups in total. The summed E-state index contributed by atoms with van der Waals surface area (Å²) < 4.78 is 23.5. The Hall–Kier alpha value is -1.11. The van der Waals surface area contributed by atoms with E-state index in [-0.39, 0.29) is 6.04 Å². The Morgan fingerprint density at radius 1 is 1.18 bits per heavy atom. The molecule has 0 radical (unpaired) electrons. The van der Waals surface area contributed by atoms with Gasteiger partial charge in [0.05, 0.1) is 0 Å². The lowest BCUT2D eigenvalue weighted by molar-refractivity contribution is -0.137. The van der Waals surface area contributed by atoms with Crippen LogP contribution in [-0.4, -0.2) is 42.4 Å². The molecule has 0 saturated carbocycles. The summed E-state index contributed by atoms with van der Waals surface area (Å²) in [7, 11) is -3.98. The van der Waals surface area contributed by atoms with Crippen LogP contribution in [0.1, 0.15) is 27.7 Å². The molecule has 0 aromatic carbocycles. The lowest BCUT2D eigenvalue weighted by Crippen LogP contribution is -2.42. The largest absolute Gasteiger partial charge is 0.480 e. The minimum atomic E-state index is -3.98. The summed E-state index contributed by atoms with van der Waals surface area (Å²) in [5.74, 6) is -3.46. The summed E-state index contributed by atoms with van der Waals surface area (Å²) in [6.07, 6.45) is 0. The average molecular weight is 265 g/mol. The molecule has 0 spiro atoms. The molecule has 7 heteroatoms. The molecule has 1 atom stereocenters. The average Bonchev–Trinajstić information content (AvgIpc) is 1.95. The van der Waals surface area contributed by atoms with Gasteiger partial charge >= 0.3 is 5.97 Å². The lowest BCUT2D eigenvalue weighted by atomic mass is 10.1. The van der Waals surface area contributed by atoms with Gasteiger partial charge in [-0.2, -0.15) is 0 Å². The van der Waals surface area contributed by atoms with Gasteiger partial charge in [0.2, 0.25) is 5.91 Å². The number of aliphatic carboxylic acids is 1. The topological polar surface area (TPSA) is 101 Å². The van der Waals surface area contributed by atoms with Crippen LogP contribution in [0.3, 0.4) is 0 Å². The molecule has 0 fully saturated rings. The van der Waals surface area contributed by atoms with E-state index in [0.29, 0.717) is 0 Å². The van der Waals surface area contributed by atoms with Crippen molar-refractivity contribution in [2.75, 3.05) is 5.75 Å². The van der Waals surface area contributed by atoms with Crippen molar-refractivity contribution in [2.45, 2.75) is 39.0 Å². The molecule has 100 valence electrons. The quantitative estimate of drug-likeness (QED) is 0.706.